The Morgan fingerprint density at radius 1 is 0.875 bits per heavy atom. The van der Waals surface area contributed by atoms with Crippen molar-refractivity contribution < 1.29 is 9.59 Å². The van der Waals surface area contributed by atoms with E-state index in [1.165, 1.54) is 0 Å². The molecular formula is C17H15N5O2. The molecule has 1 heterocycles. The van der Waals surface area contributed by atoms with E-state index in [9.17, 15) is 9.59 Å². The highest BCUT2D eigenvalue weighted by Gasteiger charge is 2.11. The van der Waals surface area contributed by atoms with Crippen LogP contribution < -0.4 is 10.6 Å². The fourth-order valence-corrected chi connectivity index (χ4v) is 2.07. The van der Waals surface area contributed by atoms with E-state index in [4.69, 9.17) is 0 Å². The highest BCUT2D eigenvalue weighted by atomic mass is 16.2. The number of H-pyrrole nitrogens is 1. The number of aryl methyl sites for hydroxylation is 1. The zero-order chi connectivity index (χ0) is 16.9. The third kappa shape index (κ3) is 3.64. The molecule has 7 nitrogen and oxygen atoms in total. The molecule has 1 aromatic heterocycles. The van der Waals surface area contributed by atoms with Crippen LogP contribution in [0.1, 0.15) is 26.5 Å². The molecule has 7 heteroatoms. The summed E-state index contributed by atoms with van der Waals surface area (Å²) < 4.78 is 0. The van der Waals surface area contributed by atoms with Crippen molar-refractivity contribution in [2.45, 2.75) is 6.92 Å². The largest absolute Gasteiger partial charge is 0.322 e. The lowest BCUT2D eigenvalue weighted by molar-refractivity contribution is 0.101. The monoisotopic (exact) mass is 321 g/mol. The quantitative estimate of drug-likeness (QED) is 0.687. The van der Waals surface area contributed by atoms with Crippen molar-refractivity contribution in [3.05, 3.63) is 71.5 Å². The summed E-state index contributed by atoms with van der Waals surface area (Å²) in [6.07, 6.45) is 0. The molecule has 0 aliphatic carbocycles. The predicted molar refractivity (Wildman–Crippen MR) is 89.9 cm³/mol. The molecule has 0 radical (unpaired) electrons. The molecule has 0 aliphatic rings. The van der Waals surface area contributed by atoms with Crippen LogP contribution in [0.4, 0.5) is 11.6 Å². The van der Waals surface area contributed by atoms with E-state index in [0.717, 1.165) is 0 Å². The lowest BCUT2D eigenvalue weighted by atomic mass is 10.1. The minimum atomic E-state index is -0.344. The van der Waals surface area contributed by atoms with Crippen molar-refractivity contribution in [3.63, 3.8) is 0 Å². The molecule has 3 N–H and O–H groups in total. The summed E-state index contributed by atoms with van der Waals surface area (Å²) in [5.41, 5.74) is 1.59. The van der Waals surface area contributed by atoms with Crippen LogP contribution in [0.5, 0.6) is 0 Å². The number of hydrogen-bond donors (Lipinski definition) is 3. The van der Waals surface area contributed by atoms with E-state index in [2.05, 4.69) is 25.8 Å². The molecule has 0 atom stereocenters. The average molecular weight is 321 g/mol. The number of aromatic nitrogens is 3. The van der Waals surface area contributed by atoms with Gasteiger partial charge in [-0.1, -0.05) is 18.2 Å². The molecule has 24 heavy (non-hydrogen) atoms. The van der Waals surface area contributed by atoms with Gasteiger partial charge in [0.1, 0.15) is 5.82 Å². The van der Waals surface area contributed by atoms with Gasteiger partial charge in [-0.2, -0.15) is 4.98 Å². The summed E-state index contributed by atoms with van der Waals surface area (Å²) in [5, 5.41) is 11.8. The van der Waals surface area contributed by atoms with E-state index in [1.807, 2.05) is 18.2 Å². The number of hydrogen-bond acceptors (Lipinski definition) is 4. The van der Waals surface area contributed by atoms with Crippen LogP contribution in [0.25, 0.3) is 0 Å². The second kappa shape index (κ2) is 6.74. The van der Waals surface area contributed by atoms with E-state index >= 15 is 0 Å². The molecule has 0 bridgehead atoms. The molecule has 0 fully saturated rings. The van der Waals surface area contributed by atoms with Crippen LogP contribution in [0.2, 0.25) is 0 Å². The van der Waals surface area contributed by atoms with Crippen molar-refractivity contribution in [1.82, 2.24) is 15.2 Å². The van der Waals surface area contributed by atoms with Gasteiger partial charge in [0.05, 0.1) is 0 Å². The average Bonchev–Trinajstić information content (AvgIpc) is 3.00. The Morgan fingerprint density at radius 2 is 1.46 bits per heavy atom. The van der Waals surface area contributed by atoms with Crippen molar-refractivity contribution in [3.8, 4) is 0 Å². The number of benzene rings is 2. The maximum atomic E-state index is 12.2. The second-order valence-electron chi connectivity index (χ2n) is 5.10. The van der Waals surface area contributed by atoms with Crippen LogP contribution in [-0.2, 0) is 0 Å². The van der Waals surface area contributed by atoms with Crippen molar-refractivity contribution in [1.29, 1.82) is 0 Å². The minimum absolute atomic E-state index is 0.211. The molecular weight excluding hydrogens is 306 g/mol. The summed E-state index contributed by atoms with van der Waals surface area (Å²) in [4.78, 5) is 28.2. The van der Waals surface area contributed by atoms with Crippen LogP contribution in [-0.4, -0.2) is 27.0 Å². The van der Waals surface area contributed by atoms with Gasteiger partial charge < -0.3 is 5.32 Å². The van der Waals surface area contributed by atoms with Gasteiger partial charge in [-0.15, -0.1) is 5.10 Å². The molecule has 2 aromatic carbocycles. The van der Waals surface area contributed by atoms with Crippen molar-refractivity contribution >= 4 is 23.5 Å². The SMILES string of the molecule is Cc1nc(NC(=O)c2ccc(C(=O)Nc3ccccc3)cc2)n[nH]1. The number of para-hydroxylation sites is 1. The molecule has 0 saturated heterocycles. The third-order valence-electron chi connectivity index (χ3n) is 3.26. The predicted octanol–water partition coefficient (Wildman–Crippen LogP) is 2.62. The maximum Gasteiger partial charge on any atom is 0.258 e. The fourth-order valence-electron chi connectivity index (χ4n) is 2.07. The van der Waals surface area contributed by atoms with Gasteiger partial charge in [0.2, 0.25) is 5.95 Å². The smallest absolute Gasteiger partial charge is 0.258 e. The number of carbonyl (C=O) groups excluding carboxylic acids is 2. The Kier molecular flexibility index (Phi) is 4.33. The first-order chi connectivity index (χ1) is 11.6. The zero-order valence-electron chi connectivity index (χ0n) is 12.9. The Morgan fingerprint density at radius 3 is 2.00 bits per heavy atom. The summed E-state index contributed by atoms with van der Waals surface area (Å²) >= 11 is 0. The summed E-state index contributed by atoms with van der Waals surface area (Å²) in [5.74, 6) is 0.239. The second-order valence-corrected chi connectivity index (χ2v) is 5.10. The number of carbonyl (C=O) groups is 2. The van der Waals surface area contributed by atoms with E-state index in [0.29, 0.717) is 22.6 Å². The Labute approximate surface area is 138 Å². The van der Waals surface area contributed by atoms with Gasteiger partial charge in [0.25, 0.3) is 11.8 Å². The van der Waals surface area contributed by atoms with Crippen molar-refractivity contribution in [2.75, 3.05) is 10.6 Å². The Bertz CT molecular complexity index is 856. The van der Waals surface area contributed by atoms with Crippen molar-refractivity contribution in [2.24, 2.45) is 0 Å². The van der Waals surface area contributed by atoms with E-state index in [-0.39, 0.29) is 17.8 Å². The zero-order valence-corrected chi connectivity index (χ0v) is 12.9. The number of amides is 2. The summed E-state index contributed by atoms with van der Waals surface area (Å²) in [7, 11) is 0. The Hall–Kier alpha value is -3.48. The third-order valence-corrected chi connectivity index (χ3v) is 3.26. The highest BCUT2D eigenvalue weighted by Crippen LogP contribution is 2.11. The molecule has 0 spiro atoms. The number of nitrogens with one attached hydrogen (secondary N) is 3. The topological polar surface area (TPSA) is 99.8 Å². The molecule has 120 valence electrons. The fraction of sp³-hybridized carbons (Fsp3) is 0.0588. The van der Waals surface area contributed by atoms with Crippen LogP contribution in [0, 0.1) is 6.92 Å². The lowest BCUT2D eigenvalue weighted by Gasteiger charge is -2.06. The lowest BCUT2D eigenvalue weighted by Crippen LogP contribution is -2.15. The first-order valence-electron chi connectivity index (χ1n) is 7.28. The molecule has 3 rings (SSSR count). The van der Waals surface area contributed by atoms with Gasteiger partial charge in [0, 0.05) is 16.8 Å². The summed E-state index contributed by atoms with van der Waals surface area (Å²) in [6, 6.07) is 15.5. The maximum absolute atomic E-state index is 12.2. The van der Waals surface area contributed by atoms with E-state index < -0.39 is 0 Å². The number of anilines is 2. The van der Waals surface area contributed by atoms with Crippen LogP contribution >= 0.6 is 0 Å². The van der Waals surface area contributed by atoms with Crippen LogP contribution in [0.15, 0.2) is 54.6 Å². The van der Waals surface area contributed by atoms with Gasteiger partial charge in [0.15, 0.2) is 0 Å². The standard InChI is InChI=1S/C17H15N5O2/c1-11-18-17(22-21-11)20-16(24)13-9-7-12(8-10-13)15(23)19-14-5-3-2-4-6-14/h2-10H,1H3,(H,19,23)(H2,18,20,21,22,24). The molecule has 0 unspecified atom stereocenters. The normalized spacial score (nSPS) is 10.2. The first-order valence-corrected chi connectivity index (χ1v) is 7.28. The Balaban J connectivity index is 1.66. The molecule has 0 aliphatic heterocycles. The number of rotatable bonds is 4. The van der Waals surface area contributed by atoms with Gasteiger partial charge in [-0.05, 0) is 43.3 Å². The first kappa shape index (κ1) is 15.4. The molecule has 3 aromatic rings. The minimum Gasteiger partial charge on any atom is -0.322 e. The highest BCUT2D eigenvalue weighted by molar-refractivity contribution is 6.06. The molecule has 0 saturated carbocycles. The number of nitrogens with zero attached hydrogens (tertiary/aromatic N) is 2. The number of aromatic amines is 1. The van der Waals surface area contributed by atoms with Crippen LogP contribution in [0.3, 0.4) is 0 Å². The van der Waals surface area contributed by atoms with E-state index in [1.54, 1.807) is 43.3 Å². The van der Waals surface area contributed by atoms with Gasteiger partial charge >= 0.3 is 0 Å². The van der Waals surface area contributed by atoms with Gasteiger partial charge in [-0.25, -0.2) is 0 Å². The molecule has 2 amide bonds. The summed E-state index contributed by atoms with van der Waals surface area (Å²) in [6.45, 7) is 1.74. The van der Waals surface area contributed by atoms with Gasteiger partial charge in [-0.3, -0.25) is 20.0 Å².